The van der Waals surface area contributed by atoms with E-state index in [-0.39, 0.29) is 10.6 Å². The lowest BCUT2D eigenvalue weighted by Crippen LogP contribution is -2.07. The lowest BCUT2D eigenvalue weighted by molar-refractivity contribution is 0.206. The average Bonchev–Trinajstić information content (AvgIpc) is 2.44. The fourth-order valence-corrected chi connectivity index (χ4v) is 2.23. The fraction of sp³-hybridized carbons (Fsp3) is 0.250. The van der Waals surface area contributed by atoms with Crippen LogP contribution in [0, 0.1) is 18.6 Å². The van der Waals surface area contributed by atoms with Gasteiger partial charge in [-0.1, -0.05) is 23.2 Å². The Bertz CT molecular complexity index is 659. The topological polar surface area (TPSA) is 29.5 Å². The van der Waals surface area contributed by atoms with Crippen LogP contribution >= 0.6 is 11.6 Å². The van der Waals surface area contributed by atoms with Gasteiger partial charge in [-0.25, -0.2) is 8.78 Å². The highest BCUT2D eigenvalue weighted by atomic mass is 35.5. The molecule has 0 amide bonds. The van der Waals surface area contributed by atoms with E-state index in [1.807, 2.05) is 13.0 Å². The number of rotatable bonds is 4. The zero-order valence-corrected chi connectivity index (χ0v) is 12.4. The highest BCUT2D eigenvalue weighted by Gasteiger charge is 2.21. The van der Waals surface area contributed by atoms with Crippen LogP contribution in [0.1, 0.15) is 29.7 Å². The highest BCUT2D eigenvalue weighted by molar-refractivity contribution is 6.30. The third-order valence-electron chi connectivity index (χ3n) is 3.09. The quantitative estimate of drug-likeness (QED) is 0.848. The lowest BCUT2D eigenvalue weighted by Gasteiger charge is -2.17. The molecular weight excluding hydrogens is 298 g/mol. The zero-order chi connectivity index (χ0) is 15.6. The van der Waals surface area contributed by atoms with Crippen molar-refractivity contribution < 1.29 is 18.6 Å². The van der Waals surface area contributed by atoms with Gasteiger partial charge in [0, 0.05) is 11.1 Å². The van der Waals surface area contributed by atoms with Crippen LogP contribution in [0.2, 0.25) is 5.02 Å². The Labute approximate surface area is 126 Å². The molecule has 0 heterocycles. The molecule has 5 heteroatoms. The van der Waals surface area contributed by atoms with Crippen molar-refractivity contribution in [1.29, 1.82) is 0 Å². The third-order valence-corrected chi connectivity index (χ3v) is 3.38. The number of aliphatic hydroxyl groups is 1. The van der Waals surface area contributed by atoms with Gasteiger partial charge in [-0.15, -0.1) is 0 Å². The zero-order valence-electron chi connectivity index (χ0n) is 11.7. The first-order valence-corrected chi connectivity index (χ1v) is 6.87. The largest absolute Gasteiger partial charge is 0.493 e. The molecule has 0 aliphatic heterocycles. The van der Waals surface area contributed by atoms with Crippen LogP contribution in [0.4, 0.5) is 8.78 Å². The Morgan fingerprint density at radius 1 is 1.14 bits per heavy atom. The number of benzene rings is 2. The summed E-state index contributed by atoms with van der Waals surface area (Å²) in [7, 11) is 0. The number of hydrogen-bond acceptors (Lipinski definition) is 2. The number of halogens is 3. The van der Waals surface area contributed by atoms with Gasteiger partial charge >= 0.3 is 0 Å². The van der Waals surface area contributed by atoms with Crippen LogP contribution in [-0.4, -0.2) is 11.7 Å². The minimum atomic E-state index is -1.33. The molecule has 0 saturated heterocycles. The minimum Gasteiger partial charge on any atom is -0.493 e. The van der Waals surface area contributed by atoms with Gasteiger partial charge in [0.25, 0.3) is 0 Å². The molecule has 112 valence electrons. The van der Waals surface area contributed by atoms with Crippen LogP contribution in [-0.2, 0) is 0 Å². The summed E-state index contributed by atoms with van der Waals surface area (Å²) in [6.45, 7) is 4.05. The number of aryl methyl sites for hydroxylation is 1. The maximum absolute atomic E-state index is 13.9. The van der Waals surface area contributed by atoms with E-state index in [0.717, 1.165) is 17.7 Å². The van der Waals surface area contributed by atoms with Gasteiger partial charge < -0.3 is 9.84 Å². The van der Waals surface area contributed by atoms with Crippen molar-refractivity contribution in [3.63, 3.8) is 0 Å². The molecule has 21 heavy (non-hydrogen) atoms. The Hall–Kier alpha value is -1.65. The molecule has 0 saturated carbocycles. The normalized spacial score (nSPS) is 12.3. The first-order valence-electron chi connectivity index (χ1n) is 6.50. The summed E-state index contributed by atoms with van der Waals surface area (Å²) < 4.78 is 32.9. The van der Waals surface area contributed by atoms with E-state index < -0.39 is 17.7 Å². The third kappa shape index (κ3) is 3.34. The minimum absolute atomic E-state index is 0.177. The van der Waals surface area contributed by atoms with Crippen LogP contribution in [0.5, 0.6) is 5.75 Å². The maximum Gasteiger partial charge on any atom is 0.142 e. The molecule has 0 bridgehead atoms. The van der Waals surface area contributed by atoms with Crippen LogP contribution in [0.15, 0.2) is 30.3 Å². The average molecular weight is 313 g/mol. The predicted octanol–water partition coefficient (Wildman–Crippen LogP) is 4.41. The molecule has 1 unspecified atom stereocenters. The van der Waals surface area contributed by atoms with E-state index in [0.29, 0.717) is 17.9 Å². The molecule has 1 atom stereocenters. The van der Waals surface area contributed by atoms with Crippen molar-refractivity contribution in [3.05, 3.63) is 63.7 Å². The molecular formula is C16H15ClF2O2. The summed E-state index contributed by atoms with van der Waals surface area (Å²) in [6.07, 6.45) is -1.33. The molecule has 0 aliphatic rings. The fourth-order valence-electron chi connectivity index (χ4n) is 2.08. The Morgan fingerprint density at radius 2 is 1.86 bits per heavy atom. The Morgan fingerprint density at radius 3 is 2.52 bits per heavy atom. The second-order valence-electron chi connectivity index (χ2n) is 4.66. The van der Waals surface area contributed by atoms with Gasteiger partial charge in [0.15, 0.2) is 0 Å². The number of ether oxygens (including phenoxy) is 1. The molecule has 1 N–H and O–H groups in total. The molecule has 0 fully saturated rings. The highest BCUT2D eigenvalue weighted by Crippen LogP contribution is 2.33. The van der Waals surface area contributed by atoms with Crippen molar-refractivity contribution in [2.24, 2.45) is 0 Å². The van der Waals surface area contributed by atoms with Gasteiger partial charge in [-0.3, -0.25) is 0 Å². The predicted molar refractivity (Wildman–Crippen MR) is 77.8 cm³/mol. The van der Waals surface area contributed by atoms with Crippen molar-refractivity contribution >= 4 is 11.6 Å². The lowest BCUT2D eigenvalue weighted by atomic mass is 9.98. The molecule has 0 aliphatic carbocycles. The maximum atomic E-state index is 13.9. The molecule has 2 nitrogen and oxygen atoms in total. The van der Waals surface area contributed by atoms with Gasteiger partial charge in [-0.05, 0) is 38.1 Å². The monoisotopic (exact) mass is 312 g/mol. The van der Waals surface area contributed by atoms with Crippen LogP contribution < -0.4 is 4.74 Å². The molecule has 0 radical (unpaired) electrons. The summed E-state index contributed by atoms with van der Waals surface area (Å²) in [5.41, 5.74) is 1.09. The van der Waals surface area contributed by atoms with E-state index >= 15 is 0 Å². The first kappa shape index (κ1) is 15.7. The van der Waals surface area contributed by atoms with Gasteiger partial charge in [0.2, 0.25) is 0 Å². The molecule has 2 rings (SSSR count). The summed E-state index contributed by atoms with van der Waals surface area (Å²) in [5.74, 6) is -1.11. The molecule has 0 spiro atoms. The van der Waals surface area contributed by atoms with Gasteiger partial charge in [0.05, 0.1) is 11.6 Å². The summed E-state index contributed by atoms with van der Waals surface area (Å²) >= 11 is 5.52. The van der Waals surface area contributed by atoms with Crippen molar-refractivity contribution in [2.45, 2.75) is 20.0 Å². The molecule has 2 aromatic carbocycles. The summed E-state index contributed by atoms with van der Waals surface area (Å²) in [5, 5.41) is 10.1. The molecule has 0 aromatic heterocycles. The van der Waals surface area contributed by atoms with Crippen molar-refractivity contribution in [3.8, 4) is 5.75 Å². The SMILES string of the molecule is CCOc1ccc(C)cc1C(O)c1cc(F)c(Cl)cc1F. The number of hydrogen-bond donors (Lipinski definition) is 1. The van der Waals surface area contributed by atoms with E-state index in [9.17, 15) is 13.9 Å². The van der Waals surface area contributed by atoms with E-state index in [1.54, 1.807) is 19.1 Å². The van der Waals surface area contributed by atoms with Crippen molar-refractivity contribution in [1.82, 2.24) is 0 Å². The Balaban J connectivity index is 2.51. The smallest absolute Gasteiger partial charge is 0.142 e. The van der Waals surface area contributed by atoms with E-state index in [1.165, 1.54) is 0 Å². The Kier molecular flexibility index (Phi) is 4.80. The van der Waals surface area contributed by atoms with Gasteiger partial charge in [0.1, 0.15) is 23.5 Å². The number of aliphatic hydroxyl groups excluding tert-OH is 1. The summed E-state index contributed by atoms with van der Waals surface area (Å²) in [6, 6.07) is 6.95. The van der Waals surface area contributed by atoms with E-state index in [4.69, 9.17) is 16.3 Å². The molecule has 2 aromatic rings. The van der Waals surface area contributed by atoms with Crippen LogP contribution in [0.3, 0.4) is 0 Å². The summed E-state index contributed by atoms with van der Waals surface area (Å²) in [4.78, 5) is 0. The van der Waals surface area contributed by atoms with Gasteiger partial charge in [-0.2, -0.15) is 0 Å². The van der Waals surface area contributed by atoms with Crippen LogP contribution in [0.25, 0.3) is 0 Å². The second-order valence-corrected chi connectivity index (χ2v) is 5.07. The second kappa shape index (κ2) is 6.41. The van der Waals surface area contributed by atoms with Crippen molar-refractivity contribution in [2.75, 3.05) is 6.61 Å². The first-order chi connectivity index (χ1) is 9.93. The standard InChI is InChI=1S/C16H15ClF2O2/c1-3-21-15-5-4-9(2)6-11(15)16(20)10-7-14(19)12(17)8-13(10)18/h4-8,16,20H,3H2,1-2H3. The van der Waals surface area contributed by atoms with E-state index in [2.05, 4.69) is 0 Å².